The summed E-state index contributed by atoms with van der Waals surface area (Å²) in [4.78, 5) is 41.4. The van der Waals surface area contributed by atoms with E-state index in [-0.39, 0.29) is 18.4 Å². The quantitative estimate of drug-likeness (QED) is 0.850. The molecule has 2 heterocycles. The molecule has 1 saturated heterocycles. The maximum atomic E-state index is 13.4. The molecule has 1 atom stereocenters. The molecule has 0 bridgehead atoms. The van der Waals surface area contributed by atoms with Crippen LogP contribution in [0.2, 0.25) is 0 Å². The molecule has 7 heteroatoms. The first kappa shape index (κ1) is 18.0. The molecule has 3 aliphatic rings. The second-order valence-corrected chi connectivity index (χ2v) is 7.76. The molecule has 144 valence electrons. The summed E-state index contributed by atoms with van der Waals surface area (Å²) in [5, 5.41) is 12.5. The van der Waals surface area contributed by atoms with Crippen LogP contribution in [0, 0.1) is 0 Å². The third kappa shape index (κ3) is 3.00. The number of para-hydroxylation sites is 2. The predicted molar refractivity (Wildman–Crippen MR) is 101 cm³/mol. The van der Waals surface area contributed by atoms with Gasteiger partial charge in [-0.25, -0.2) is 0 Å². The van der Waals surface area contributed by atoms with Crippen molar-refractivity contribution in [3.63, 3.8) is 0 Å². The highest BCUT2D eigenvalue weighted by Crippen LogP contribution is 2.45. The van der Waals surface area contributed by atoms with Gasteiger partial charge in [0.25, 0.3) is 5.91 Å². The van der Waals surface area contributed by atoms with E-state index >= 15 is 0 Å². The SMILES string of the molecule is O=C(O)C1CCCCN1CC(=O)N1c2ccccc2NC(=O)C12CCCC2. The number of hydrogen-bond donors (Lipinski definition) is 2. The molecule has 1 aliphatic carbocycles. The van der Waals surface area contributed by atoms with E-state index in [0.717, 1.165) is 25.7 Å². The van der Waals surface area contributed by atoms with Crippen molar-refractivity contribution >= 4 is 29.2 Å². The van der Waals surface area contributed by atoms with Gasteiger partial charge in [-0.15, -0.1) is 0 Å². The Morgan fingerprint density at radius 3 is 2.63 bits per heavy atom. The van der Waals surface area contributed by atoms with E-state index in [1.54, 1.807) is 15.9 Å². The van der Waals surface area contributed by atoms with E-state index in [1.807, 2.05) is 18.2 Å². The third-order valence-corrected chi connectivity index (χ3v) is 6.16. The van der Waals surface area contributed by atoms with Crippen molar-refractivity contribution in [3.05, 3.63) is 24.3 Å². The van der Waals surface area contributed by atoms with Crippen LogP contribution in [0.3, 0.4) is 0 Å². The Bertz CT molecular complexity index is 772. The average molecular weight is 371 g/mol. The smallest absolute Gasteiger partial charge is 0.320 e. The number of aliphatic carboxylic acids is 1. The monoisotopic (exact) mass is 371 g/mol. The van der Waals surface area contributed by atoms with Crippen LogP contribution >= 0.6 is 0 Å². The highest BCUT2D eigenvalue weighted by atomic mass is 16.4. The minimum atomic E-state index is -0.880. The number of fused-ring (bicyclic) bond motifs is 1. The summed E-state index contributed by atoms with van der Waals surface area (Å²) >= 11 is 0. The van der Waals surface area contributed by atoms with E-state index < -0.39 is 17.6 Å². The maximum absolute atomic E-state index is 13.4. The summed E-state index contributed by atoms with van der Waals surface area (Å²) in [6, 6.07) is 6.73. The molecule has 1 aromatic carbocycles. The first-order valence-corrected chi connectivity index (χ1v) is 9.73. The molecule has 2 fully saturated rings. The molecule has 1 saturated carbocycles. The van der Waals surface area contributed by atoms with Crippen molar-refractivity contribution in [1.82, 2.24) is 4.90 Å². The molecule has 2 amide bonds. The van der Waals surface area contributed by atoms with Gasteiger partial charge in [0, 0.05) is 0 Å². The van der Waals surface area contributed by atoms with E-state index in [0.29, 0.717) is 37.2 Å². The zero-order valence-electron chi connectivity index (χ0n) is 15.3. The Morgan fingerprint density at radius 2 is 1.89 bits per heavy atom. The lowest BCUT2D eigenvalue weighted by Gasteiger charge is -2.45. The van der Waals surface area contributed by atoms with Crippen LogP contribution in [0.25, 0.3) is 0 Å². The summed E-state index contributed by atoms with van der Waals surface area (Å²) in [6.07, 6.45) is 5.40. The summed E-state index contributed by atoms with van der Waals surface area (Å²) in [5.41, 5.74) is 0.509. The molecule has 4 rings (SSSR count). The number of carbonyl (C=O) groups excluding carboxylic acids is 2. The van der Waals surface area contributed by atoms with E-state index in [9.17, 15) is 19.5 Å². The number of amides is 2. The Labute approximate surface area is 158 Å². The molecular formula is C20H25N3O4. The normalized spacial score (nSPS) is 24.5. The second-order valence-electron chi connectivity index (χ2n) is 7.76. The van der Waals surface area contributed by atoms with Crippen LogP contribution < -0.4 is 10.2 Å². The standard InChI is InChI=1S/C20H25N3O4/c24-17(13-22-12-6-3-9-16(22)18(25)26)23-15-8-2-1-7-14(15)21-19(27)20(23)10-4-5-11-20/h1-2,7-8,16H,3-6,9-13H2,(H,21,27)(H,25,26). The zero-order chi connectivity index (χ0) is 19.0. The van der Waals surface area contributed by atoms with Crippen LogP contribution in [0.1, 0.15) is 44.9 Å². The van der Waals surface area contributed by atoms with E-state index in [4.69, 9.17) is 0 Å². The zero-order valence-corrected chi connectivity index (χ0v) is 15.3. The van der Waals surface area contributed by atoms with Gasteiger partial charge >= 0.3 is 5.97 Å². The molecule has 1 unspecified atom stereocenters. The lowest BCUT2D eigenvalue weighted by atomic mass is 9.89. The fourth-order valence-corrected chi connectivity index (χ4v) is 4.83. The summed E-state index contributed by atoms with van der Waals surface area (Å²) < 4.78 is 0. The van der Waals surface area contributed by atoms with Crippen molar-refractivity contribution in [2.75, 3.05) is 23.3 Å². The fourth-order valence-electron chi connectivity index (χ4n) is 4.83. The van der Waals surface area contributed by atoms with Crippen LogP contribution in [-0.4, -0.2) is 52.5 Å². The van der Waals surface area contributed by atoms with Crippen molar-refractivity contribution in [3.8, 4) is 0 Å². The summed E-state index contributed by atoms with van der Waals surface area (Å²) in [5.74, 6) is -1.19. The summed E-state index contributed by atoms with van der Waals surface area (Å²) in [6.45, 7) is 0.623. The van der Waals surface area contributed by atoms with Gasteiger partial charge in [0.15, 0.2) is 0 Å². The molecule has 27 heavy (non-hydrogen) atoms. The fraction of sp³-hybridized carbons (Fsp3) is 0.550. The minimum absolute atomic E-state index is 0.0281. The van der Waals surface area contributed by atoms with Gasteiger partial charge < -0.3 is 10.4 Å². The maximum Gasteiger partial charge on any atom is 0.320 e. The Morgan fingerprint density at radius 1 is 1.15 bits per heavy atom. The van der Waals surface area contributed by atoms with Gasteiger partial charge in [0.1, 0.15) is 11.6 Å². The number of likely N-dealkylation sites (tertiary alicyclic amines) is 1. The van der Waals surface area contributed by atoms with Gasteiger partial charge in [-0.2, -0.15) is 0 Å². The molecule has 2 N–H and O–H groups in total. The third-order valence-electron chi connectivity index (χ3n) is 6.16. The van der Waals surface area contributed by atoms with Gasteiger partial charge in [-0.3, -0.25) is 24.2 Å². The molecule has 0 radical (unpaired) electrons. The molecule has 7 nitrogen and oxygen atoms in total. The van der Waals surface area contributed by atoms with Gasteiger partial charge in [-0.1, -0.05) is 31.4 Å². The van der Waals surface area contributed by atoms with Crippen molar-refractivity contribution < 1.29 is 19.5 Å². The Hall–Kier alpha value is -2.41. The largest absolute Gasteiger partial charge is 0.480 e. The number of benzene rings is 1. The number of nitrogens with zero attached hydrogens (tertiary/aromatic N) is 2. The number of carboxylic acids is 1. The highest BCUT2D eigenvalue weighted by Gasteiger charge is 2.52. The van der Waals surface area contributed by atoms with Crippen molar-refractivity contribution in [2.24, 2.45) is 0 Å². The number of nitrogens with one attached hydrogen (secondary N) is 1. The predicted octanol–water partition coefficient (Wildman–Crippen LogP) is 2.22. The molecule has 0 aromatic heterocycles. The summed E-state index contributed by atoms with van der Waals surface area (Å²) in [7, 11) is 0. The van der Waals surface area contributed by atoms with Gasteiger partial charge in [0.05, 0.1) is 17.9 Å². The number of hydrogen-bond acceptors (Lipinski definition) is 4. The van der Waals surface area contributed by atoms with Crippen LogP contribution in [0.4, 0.5) is 11.4 Å². The molecular weight excluding hydrogens is 346 g/mol. The second kappa shape index (κ2) is 6.96. The lowest BCUT2D eigenvalue weighted by molar-refractivity contribution is -0.145. The topological polar surface area (TPSA) is 89.9 Å². The minimum Gasteiger partial charge on any atom is -0.480 e. The Kier molecular flexibility index (Phi) is 4.63. The van der Waals surface area contributed by atoms with E-state index in [2.05, 4.69) is 5.32 Å². The highest BCUT2D eigenvalue weighted by molar-refractivity contribution is 6.15. The first-order chi connectivity index (χ1) is 13.0. The van der Waals surface area contributed by atoms with Crippen molar-refractivity contribution in [2.45, 2.75) is 56.5 Å². The molecule has 2 aliphatic heterocycles. The Balaban J connectivity index is 1.67. The molecule has 1 spiro atoms. The number of anilines is 2. The van der Waals surface area contributed by atoms with Crippen molar-refractivity contribution in [1.29, 1.82) is 0 Å². The van der Waals surface area contributed by atoms with Crippen LogP contribution in [-0.2, 0) is 14.4 Å². The molecule has 1 aromatic rings. The average Bonchev–Trinajstić information content (AvgIpc) is 3.13. The number of carbonyl (C=O) groups is 3. The van der Waals surface area contributed by atoms with Gasteiger partial charge in [-0.05, 0) is 44.4 Å². The van der Waals surface area contributed by atoms with Gasteiger partial charge in [0.2, 0.25) is 5.91 Å². The number of rotatable bonds is 3. The number of carboxylic acid groups (broad SMARTS) is 1. The lowest BCUT2D eigenvalue weighted by Crippen LogP contribution is -2.63. The van der Waals surface area contributed by atoms with E-state index in [1.165, 1.54) is 0 Å². The number of piperidine rings is 1. The first-order valence-electron chi connectivity index (χ1n) is 9.73. The van der Waals surface area contributed by atoms with Crippen LogP contribution in [0.5, 0.6) is 0 Å². The van der Waals surface area contributed by atoms with Crippen LogP contribution in [0.15, 0.2) is 24.3 Å².